The summed E-state index contributed by atoms with van der Waals surface area (Å²) >= 11 is 0. The first-order valence-electron chi connectivity index (χ1n) is 9.70. The summed E-state index contributed by atoms with van der Waals surface area (Å²) in [6, 6.07) is 0.503. The quantitative estimate of drug-likeness (QED) is 0.341. The normalized spacial score (nSPS) is 12.8. The lowest BCUT2D eigenvalue weighted by Crippen LogP contribution is -2.50. The Morgan fingerprint density at radius 2 is 1.15 bits per heavy atom. The van der Waals surface area contributed by atoms with Crippen LogP contribution in [0.25, 0.3) is 0 Å². The molecule has 0 atom stereocenters. The van der Waals surface area contributed by atoms with Gasteiger partial charge in [0, 0.05) is 32.0 Å². The molecular formula is C19H39N3O4. The third-order valence-corrected chi connectivity index (χ3v) is 4.99. The second-order valence-electron chi connectivity index (χ2n) is 8.59. The van der Waals surface area contributed by atoms with E-state index in [9.17, 15) is 19.8 Å². The van der Waals surface area contributed by atoms with Crippen LogP contribution in [-0.4, -0.2) is 99.3 Å². The fraction of sp³-hybridized carbons (Fsp3) is 0.895. The van der Waals surface area contributed by atoms with Crippen LogP contribution in [0.5, 0.6) is 0 Å². The third-order valence-electron chi connectivity index (χ3n) is 4.99. The van der Waals surface area contributed by atoms with E-state index in [4.69, 9.17) is 0 Å². The minimum Gasteiger partial charge on any atom is -0.544 e. The summed E-state index contributed by atoms with van der Waals surface area (Å²) in [6.45, 7) is 7.86. The van der Waals surface area contributed by atoms with Crippen molar-refractivity contribution in [2.75, 3.05) is 67.5 Å². The molecule has 0 unspecified atom stereocenters. The fourth-order valence-corrected chi connectivity index (χ4v) is 3.54. The van der Waals surface area contributed by atoms with E-state index in [0.29, 0.717) is 15.0 Å². The highest BCUT2D eigenvalue weighted by Crippen LogP contribution is 2.12. The van der Waals surface area contributed by atoms with Gasteiger partial charge < -0.3 is 28.8 Å². The number of aliphatic carboxylic acids is 2. The van der Waals surface area contributed by atoms with E-state index in [-0.39, 0.29) is 13.1 Å². The zero-order valence-electron chi connectivity index (χ0n) is 17.6. The van der Waals surface area contributed by atoms with Crippen LogP contribution in [0.4, 0.5) is 0 Å². The molecule has 7 heteroatoms. The molecule has 0 rings (SSSR count). The minimum atomic E-state index is -1.01. The van der Waals surface area contributed by atoms with E-state index in [0.717, 1.165) is 51.9 Å². The number of quaternary nitrogens is 2. The summed E-state index contributed by atoms with van der Waals surface area (Å²) in [5.74, 6) is -2.03. The summed E-state index contributed by atoms with van der Waals surface area (Å²) in [5, 5.41) is 21.7. The van der Waals surface area contributed by atoms with Gasteiger partial charge in [-0.05, 0) is 12.8 Å². The lowest BCUT2D eigenvalue weighted by Gasteiger charge is -2.35. The van der Waals surface area contributed by atoms with E-state index < -0.39 is 11.9 Å². The molecule has 0 aliphatic heterocycles. The second-order valence-corrected chi connectivity index (χ2v) is 8.59. The fourth-order valence-electron chi connectivity index (χ4n) is 3.54. The van der Waals surface area contributed by atoms with Gasteiger partial charge in [0.05, 0.1) is 53.2 Å². The van der Waals surface area contributed by atoms with E-state index in [2.05, 4.69) is 18.7 Å². The van der Waals surface area contributed by atoms with Gasteiger partial charge in [0.2, 0.25) is 0 Å². The van der Waals surface area contributed by atoms with Gasteiger partial charge in [0.25, 0.3) is 0 Å². The maximum absolute atomic E-state index is 10.8. The van der Waals surface area contributed by atoms with Crippen LogP contribution in [-0.2, 0) is 9.59 Å². The molecule has 26 heavy (non-hydrogen) atoms. The Bertz CT molecular complexity index is 401. The number of carbonyl (C=O) groups excluding carboxylic acids is 2. The van der Waals surface area contributed by atoms with Gasteiger partial charge in [-0.1, -0.05) is 13.8 Å². The van der Waals surface area contributed by atoms with Gasteiger partial charge in [-0.25, -0.2) is 0 Å². The SMILES string of the molecule is CCC(CC)N(CCC[N+](C)(C)CC(=O)[O-])CCC[N+](C)(C)CC(=O)[O-]. The molecule has 0 N–H and O–H groups in total. The smallest absolute Gasteiger partial charge is 0.119 e. The molecule has 0 saturated heterocycles. The van der Waals surface area contributed by atoms with Crippen molar-refractivity contribution >= 4 is 11.9 Å². The van der Waals surface area contributed by atoms with Crippen molar-refractivity contribution in [2.24, 2.45) is 0 Å². The Morgan fingerprint density at radius 3 is 1.42 bits per heavy atom. The maximum Gasteiger partial charge on any atom is 0.119 e. The van der Waals surface area contributed by atoms with Gasteiger partial charge >= 0.3 is 0 Å². The van der Waals surface area contributed by atoms with E-state index in [1.165, 1.54) is 0 Å². The molecule has 0 fully saturated rings. The largest absolute Gasteiger partial charge is 0.544 e. The molecule has 0 amide bonds. The van der Waals surface area contributed by atoms with Gasteiger partial charge in [-0.3, -0.25) is 4.90 Å². The van der Waals surface area contributed by atoms with Crippen LogP contribution in [0.1, 0.15) is 39.5 Å². The summed E-state index contributed by atoms with van der Waals surface area (Å²) < 4.78 is 0.850. The highest BCUT2D eigenvalue weighted by atomic mass is 16.4. The number of rotatable bonds is 15. The Kier molecular flexibility index (Phi) is 11.0. The Balaban J connectivity index is 4.58. The van der Waals surface area contributed by atoms with Crippen LogP contribution in [0, 0.1) is 0 Å². The molecule has 0 bridgehead atoms. The Morgan fingerprint density at radius 1 is 0.808 bits per heavy atom. The van der Waals surface area contributed by atoms with Gasteiger partial charge in [-0.2, -0.15) is 0 Å². The average molecular weight is 374 g/mol. The number of hydrogen-bond donors (Lipinski definition) is 0. The zero-order chi connectivity index (χ0) is 20.4. The van der Waals surface area contributed by atoms with Crippen molar-refractivity contribution < 1.29 is 28.8 Å². The maximum atomic E-state index is 10.8. The number of hydrogen-bond acceptors (Lipinski definition) is 5. The molecule has 7 nitrogen and oxygen atoms in total. The van der Waals surface area contributed by atoms with Crippen LogP contribution in [0.3, 0.4) is 0 Å². The van der Waals surface area contributed by atoms with Crippen LogP contribution in [0.2, 0.25) is 0 Å². The first kappa shape index (κ1) is 24.8. The minimum absolute atomic E-state index is 0.0277. The summed E-state index contributed by atoms with van der Waals surface area (Å²) in [6.07, 6.45) is 4.00. The first-order chi connectivity index (χ1) is 11.9. The molecule has 0 heterocycles. The van der Waals surface area contributed by atoms with E-state index in [1.807, 2.05) is 28.2 Å². The number of likely N-dealkylation sites (N-methyl/N-ethyl adjacent to an activating group) is 2. The molecule has 154 valence electrons. The third kappa shape index (κ3) is 11.4. The van der Waals surface area contributed by atoms with Crippen molar-refractivity contribution in [3.63, 3.8) is 0 Å². The van der Waals surface area contributed by atoms with Crippen LogP contribution >= 0.6 is 0 Å². The Labute approximate surface area is 159 Å². The number of carboxylic acids is 2. The van der Waals surface area contributed by atoms with Gasteiger partial charge in [-0.15, -0.1) is 0 Å². The molecule has 0 radical (unpaired) electrons. The summed E-state index contributed by atoms with van der Waals surface area (Å²) in [5.41, 5.74) is 0. The predicted octanol–water partition coefficient (Wildman–Crippen LogP) is -1.09. The van der Waals surface area contributed by atoms with E-state index >= 15 is 0 Å². The topological polar surface area (TPSA) is 83.5 Å². The predicted molar refractivity (Wildman–Crippen MR) is 98.9 cm³/mol. The lowest BCUT2D eigenvalue weighted by atomic mass is 10.1. The monoisotopic (exact) mass is 373 g/mol. The average Bonchev–Trinajstić information content (AvgIpc) is 2.44. The second kappa shape index (κ2) is 11.5. The number of carbonyl (C=O) groups is 2. The van der Waals surface area contributed by atoms with Gasteiger partial charge in [0.1, 0.15) is 13.1 Å². The standard InChI is InChI=1S/C19H39N3O4/c1-7-17(8-2)20(11-9-13-21(3,4)15-18(23)24)12-10-14-22(5,6)16-19(25)26/h17H,7-16H2,1-6H3. The van der Waals surface area contributed by atoms with Crippen molar-refractivity contribution in [1.82, 2.24) is 4.90 Å². The molecule has 0 aliphatic carbocycles. The van der Waals surface area contributed by atoms with Gasteiger partial charge in [0.15, 0.2) is 0 Å². The first-order valence-corrected chi connectivity index (χ1v) is 9.70. The van der Waals surface area contributed by atoms with Crippen molar-refractivity contribution in [3.05, 3.63) is 0 Å². The zero-order valence-corrected chi connectivity index (χ0v) is 17.6. The summed E-state index contributed by atoms with van der Waals surface area (Å²) in [4.78, 5) is 24.1. The molecule has 0 spiro atoms. The highest BCUT2D eigenvalue weighted by molar-refractivity contribution is 5.65. The van der Waals surface area contributed by atoms with Crippen molar-refractivity contribution in [3.8, 4) is 0 Å². The van der Waals surface area contributed by atoms with Crippen LogP contribution in [0.15, 0.2) is 0 Å². The number of nitrogens with zero attached hydrogens (tertiary/aromatic N) is 3. The molecule has 0 saturated carbocycles. The molecule has 0 aromatic heterocycles. The van der Waals surface area contributed by atoms with Crippen LogP contribution < -0.4 is 10.2 Å². The summed E-state index contributed by atoms with van der Waals surface area (Å²) in [7, 11) is 7.66. The van der Waals surface area contributed by atoms with E-state index in [1.54, 1.807) is 0 Å². The lowest BCUT2D eigenvalue weighted by molar-refractivity contribution is -0.885. The number of carboxylic acid groups (broad SMARTS) is 2. The Hall–Kier alpha value is -1.18. The molecule has 0 aromatic rings. The highest BCUT2D eigenvalue weighted by Gasteiger charge is 2.21. The molecular weight excluding hydrogens is 334 g/mol. The van der Waals surface area contributed by atoms with Crippen molar-refractivity contribution in [2.45, 2.75) is 45.6 Å². The molecule has 0 aromatic carbocycles. The van der Waals surface area contributed by atoms with Crippen molar-refractivity contribution in [1.29, 1.82) is 0 Å². The molecule has 0 aliphatic rings.